The summed E-state index contributed by atoms with van der Waals surface area (Å²) in [6.07, 6.45) is 1.04. The fraction of sp³-hybridized carbons (Fsp3) is 0.438. The van der Waals surface area contributed by atoms with Crippen molar-refractivity contribution in [2.24, 2.45) is 0 Å². The molecule has 0 spiro atoms. The van der Waals surface area contributed by atoms with Crippen molar-refractivity contribution in [1.29, 1.82) is 0 Å². The molecule has 0 aliphatic rings. The summed E-state index contributed by atoms with van der Waals surface area (Å²) < 4.78 is 2.00. The highest BCUT2D eigenvalue weighted by molar-refractivity contribution is 5.74. The Morgan fingerprint density at radius 3 is 2.55 bits per heavy atom. The van der Waals surface area contributed by atoms with Crippen molar-refractivity contribution in [3.63, 3.8) is 0 Å². The number of nitrogens with two attached hydrogens (primary N) is 1. The van der Waals surface area contributed by atoms with Crippen LogP contribution in [0.15, 0.2) is 18.2 Å². The third kappa shape index (κ3) is 2.50. The summed E-state index contributed by atoms with van der Waals surface area (Å²) >= 11 is 0. The highest BCUT2D eigenvalue weighted by Gasteiger charge is 2.18. The maximum atomic E-state index is 6.23. The predicted molar refractivity (Wildman–Crippen MR) is 85.6 cm³/mol. The van der Waals surface area contributed by atoms with E-state index in [0.717, 1.165) is 30.2 Å². The van der Waals surface area contributed by atoms with Gasteiger partial charge in [0.25, 0.3) is 0 Å². The van der Waals surface area contributed by atoms with Crippen molar-refractivity contribution in [3.8, 4) is 0 Å². The third-order valence-electron chi connectivity index (χ3n) is 3.61. The lowest BCUT2D eigenvalue weighted by Gasteiger charge is -2.23. The van der Waals surface area contributed by atoms with Gasteiger partial charge < -0.3 is 10.6 Å². The molecule has 1 heterocycles. The summed E-state index contributed by atoms with van der Waals surface area (Å²) in [7, 11) is 2.05. The smallest absolute Gasteiger partial charge is 0.154 e. The number of anilines is 3. The molecule has 2 N–H and O–H groups in total. The maximum absolute atomic E-state index is 6.23. The van der Waals surface area contributed by atoms with E-state index >= 15 is 0 Å². The first-order valence-electron chi connectivity index (χ1n) is 7.09. The van der Waals surface area contributed by atoms with Crippen molar-refractivity contribution in [3.05, 3.63) is 35.0 Å². The Hall–Kier alpha value is -1.97. The molecule has 0 aliphatic heterocycles. The van der Waals surface area contributed by atoms with Crippen LogP contribution in [0.25, 0.3) is 0 Å². The number of aryl methyl sites for hydroxylation is 4. The van der Waals surface area contributed by atoms with Gasteiger partial charge in [-0.25, -0.2) is 4.68 Å². The Kier molecular flexibility index (Phi) is 4.02. The second-order valence-corrected chi connectivity index (χ2v) is 5.39. The summed E-state index contributed by atoms with van der Waals surface area (Å²) in [4.78, 5) is 2.14. The zero-order chi connectivity index (χ0) is 14.9. The molecule has 2 rings (SSSR count). The molecule has 0 saturated carbocycles. The van der Waals surface area contributed by atoms with Gasteiger partial charge >= 0.3 is 0 Å². The first-order valence-corrected chi connectivity index (χ1v) is 7.09. The predicted octanol–water partition coefficient (Wildman–Crippen LogP) is 3.57. The molecule has 1 aromatic carbocycles. The Morgan fingerprint density at radius 1 is 1.25 bits per heavy atom. The molecule has 0 aliphatic carbocycles. The maximum Gasteiger partial charge on any atom is 0.154 e. The SMILES string of the molecule is CCCn1nc(C)c(N)c1N(C)c1ccc(C)cc1C. The zero-order valence-corrected chi connectivity index (χ0v) is 13.1. The van der Waals surface area contributed by atoms with Gasteiger partial charge in [0.05, 0.1) is 11.4 Å². The number of aromatic nitrogens is 2. The van der Waals surface area contributed by atoms with E-state index in [0.29, 0.717) is 0 Å². The average Bonchev–Trinajstić information content (AvgIpc) is 2.65. The number of hydrogen-bond acceptors (Lipinski definition) is 3. The Labute approximate surface area is 121 Å². The lowest BCUT2D eigenvalue weighted by Crippen LogP contribution is -2.17. The van der Waals surface area contributed by atoms with Gasteiger partial charge in [-0.15, -0.1) is 0 Å². The van der Waals surface area contributed by atoms with Gasteiger partial charge in [0, 0.05) is 19.3 Å². The van der Waals surface area contributed by atoms with E-state index in [1.165, 1.54) is 16.8 Å². The molecule has 20 heavy (non-hydrogen) atoms. The van der Waals surface area contributed by atoms with Gasteiger partial charge in [0.2, 0.25) is 0 Å². The molecule has 4 nitrogen and oxygen atoms in total. The van der Waals surface area contributed by atoms with Crippen LogP contribution in [-0.2, 0) is 6.54 Å². The van der Waals surface area contributed by atoms with Gasteiger partial charge in [-0.05, 0) is 38.8 Å². The fourth-order valence-electron chi connectivity index (χ4n) is 2.60. The Balaban J connectivity index is 2.49. The minimum Gasteiger partial charge on any atom is -0.394 e. The quantitative estimate of drug-likeness (QED) is 0.925. The summed E-state index contributed by atoms with van der Waals surface area (Å²) in [6, 6.07) is 6.46. The van der Waals surface area contributed by atoms with Crippen LogP contribution in [0.5, 0.6) is 0 Å². The van der Waals surface area contributed by atoms with Crippen LogP contribution < -0.4 is 10.6 Å². The largest absolute Gasteiger partial charge is 0.394 e. The molecule has 1 aromatic heterocycles. The van der Waals surface area contributed by atoms with E-state index in [-0.39, 0.29) is 0 Å². The molecule has 2 aromatic rings. The standard InChI is InChI=1S/C16H24N4/c1-6-9-20-16(15(17)13(4)18-20)19(5)14-8-7-11(2)10-12(14)3/h7-8,10H,6,9,17H2,1-5H3. The van der Waals surface area contributed by atoms with Gasteiger partial charge in [0.15, 0.2) is 5.82 Å². The highest BCUT2D eigenvalue weighted by Crippen LogP contribution is 2.33. The van der Waals surface area contributed by atoms with Crippen molar-refractivity contribution in [2.75, 3.05) is 17.7 Å². The molecule has 0 radical (unpaired) electrons. The van der Waals surface area contributed by atoms with Crippen molar-refractivity contribution in [2.45, 2.75) is 40.7 Å². The third-order valence-corrected chi connectivity index (χ3v) is 3.61. The number of rotatable bonds is 4. The number of benzene rings is 1. The Bertz CT molecular complexity index is 613. The van der Waals surface area contributed by atoms with E-state index in [4.69, 9.17) is 5.73 Å². The number of nitrogen functional groups attached to an aromatic ring is 1. The minimum absolute atomic E-state index is 0.765. The zero-order valence-electron chi connectivity index (χ0n) is 13.1. The lowest BCUT2D eigenvalue weighted by molar-refractivity contribution is 0.599. The molecular weight excluding hydrogens is 248 g/mol. The first kappa shape index (κ1) is 14.4. The summed E-state index contributed by atoms with van der Waals surface area (Å²) in [5, 5.41) is 4.54. The summed E-state index contributed by atoms with van der Waals surface area (Å²) in [6.45, 7) is 9.22. The lowest BCUT2D eigenvalue weighted by atomic mass is 10.1. The molecular formula is C16H24N4. The molecule has 0 unspecified atom stereocenters. The fourth-order valence-corrected chi connectivity index (χ4v) is 2.60. The van der Waals surface area contributed by atoms with Crippen molar-refractivity contribution >= 4 is 17.2 Å². The van der Waals surface area contributed by atoms with Crippen LogP contribution in [0.4, 0.5) is 17.2 Å². The van der Waals surface area contributed by atoms with Crippen LogP contribution in [0, 0.1) is 20.8 Å². The van der Waals surface area contributed by atoms with Gasteiger partial charge in [-0.1, -0.05) is 24.6 Å². The molecule has 0 fully saturated rings. The monoisotopic (exact) mass is 272 g/mol. The van der Waals surface area contributed by atoms with E-state index < -0.39 is 0 Å². The molecule has 4 heteroatoms. The minimum atomic E-state index is 0.765. The van der Waals surface area contributed by atoms with Crippen LogP contribution >= 0.6 is 0 Å². The molecule has 0 saturated heterocycles. The molecule has 0 amide bonds. The van der Waals surface area contributed by atoms with Crippen LogP contribution in [0.3, 0.4) is 0 Å². The molecule has 0 atom stereocenters. The van der Waals surface area contributed by atoms with Gasteiger partial charge in [-0.3, -0.25) is 0 Å². The van der Waals surface area contributed by atoms with Crippen LogP contribution in [0.1, 0.15) is 30.2 Å². The highest BCUT2D eigenvalue weighted by atomic mass is 15.4. The van der Waals surface area contributed by atoms with E-state index in [9.17, 15) is 0 Å². The number of nitrogens with zero attached hydrogens (tertiary/aromatic N) is 3. The normalized spacial score (nSPS) is 10.8. The van der Waals surface area contributed by atoms with E-state index in [2.05, 4.69) is 56.0 Å². The second kappa shape index (κ2) is 5.57. The van der Waals surface area contributed by atoms with E-state index in [1.54, 1.807) is 0 Å². The summed E-state index contributed by atoms with van der Waals surface area (Å²) in [5.74, 6) is 0.983. The van der Waals surface area contributed by atoms with Crippen LogP contribution in [0.2, 0.25) is 0 Å². The second-order valence-electron chi connectivity index (χ2n) is 5.39. The summed E-state index contributed by atoms with van der Waals surface area (Å²) in [5.41, 5.74) is 11.6. The van der Waals surface area contributed by atoms with Crippen molar-refractivity contribution in [1.82, 2.24) is 9.78 Å². The molecule has 108 valence electrons. The number of hydrogen-bond donors (Lipinski definition) is 1. The van der Waals surface area contributed by atoms with Gasteiger partial charge in [0.1, 0.15) is 0 Å². The Morgan fingerprint density at radius 2 is 1.95 bits per heavy atom. The van der Waals surface area contributed by atoms with E-state index in [1.807, 2.05) is 11.6 Å². The topological polar surface area (TPSA) is 47.1 Å². The van der Waals surface area contributed by atoms with Gasteiger partial charge in [-0.2, -0.15) is 5.10 Å². The first-order chi connectivity index (χ1) is 9.45. The van der Waals surface area contributed by atoms with Crippen LogP contribution in [-0.4, -0.2) is 16.8 Å². The molecule has 0 bridgehead atoms. The average molecular weight is 272 g/mol. The van der Waals surface area contributed by atoms with Crippen molar-refractivity contribution < 1.29 is 0 Å².